The number of pyridine rings is 1. The molecule has 0 saturated carbocycles. The molecular formula is C15H22N2O3. The van der Waals surface area contributed by atoms with Crippen LogP contribution in [0.4, 0.5) is 0 Å². The number of carbonyl (C=O) groups is 1. The molecule has 5 nitrogen and oxygen atoms in total. The fourth-order valence-electron chi connectivity index (χ4n) is 2.72. The van der Waals surface area contributed by atoms with E-state index in [1.165, 1.54) is 0 Å². The number of carboxylic acid groups (broad SMARTS) is 1. The Hall–Kier alpha value is -1.62. The molecule has 110 valence electrons. The Balaban J connectivity index is 1.71. The molecule has 0 bridgehead atoms. The van der Waals surface area contributed by atoms with E-state index >= 15 is 0 Å². The first kappa shape index (κ1) is 14.8. The Morgan fingerprint density at radius 1 is 1.25 bits per heavy atom. The lowest BCUT2D eigenvalue weighted by molar-refractivity contribution is -0.137. The monoisotopic (exact) mass is 278 g/mol. The lowest BCUT2D eigenvalue weighted by Gasteiger charge is -2.31. The lowest BCUT2D eigenvalue weighted by Crippen LogP contribution is -2.37. The number of rotatable bonds is 6. The largest absolute Gasteiger partial charge is 0.481 e. The Morgan fingerprint density at radius 3 is 2.65 bits per heavy atom. The molecule has 1 aromatic heterocycles. The van der Waals surface area contributed by atoms with E-state index in [2.05, 4.69) is 4.90 Å². The van der Waals surface area contributed by atoms with Crippen molar-refractivity contribution >= 4 is 5.97 Å². The van der Waals surface area contributed by atoms with Crippen molar-refractivity contribution in [3.8, 4) is 0 Å². The van der Waals surface area contributed by atoms with Crippen LogP contribution in [0, 0.1) is 5.92 Å². The van der Waals surface area contributed by atoms with Crippen LogP contribution in [0.25, 0.3) is 0 Å². The average Bonchev–Trinajstić information content (AvgIpc) is 2.45. The third-order valence-corrected chi connectivity index (χ3v) is 4.03. The van der Waals surface area contributed by atoms with Gasteiger partial charge in [-0.2, -0.15) is 0 Å². The Morgan fingerprint density at radius 2 is 2.00 bits per heavy atom. The first-order chi connectivity index (χ1) is 9.65. The van der Waals surface area contributed by atoms with Crippen LogP contribution >= 0.6 is 0 Å². The van der Waals surface area contributed by atoms with Gasteiger partial charge in [-0.25, -0.2) is 0 Å². The van der Waals surface area contributed by atoms with E-state index in [-0.39, 0.29) is 12.0 Å². The predicted molar refractivity (Wildman–Crippen MR) is 76.7 cm³/mol. The minimum atomic E-state index is -0.698. The number of nitrogens with zero attached hydrogens (tertiary/aromatic N) is 2. The van der Waals surface area contributed by atoms with Gasteiger partial charge in [-0.15, -0.1) is 0 Å². The van der Waals surface area contributed by atoms with Gasteiger partial charge in [0, 0.05) is 31.8 Å². The van der Waals surface area contributed by atoms with Gasteiger partial charge in [0.05, 0.1) is 0 Å². The summed E-state index contributed by atoms with van der Waals surface area (Å²) in [5.74, 6) is -0.155. The Kier molecular flexibility index (Phi) is 5.35. The summed E-state index contributed by atoms with van der Waals surface area (Å²) in [5.41, 5.74) is 0.0452. The number of hydrogen-bond acceptors (Lipinski definition) is 3. The van der Waals surface area contributed by atoms with Crippen LogP contribution in [0.1, 0.15) is 25.7 Å². The van der Waals surface area contributed by atoms with Gasteiger partial charge in [-0.05, 0) is 44.3 Å². The summed E-state index contributed by atoms with van der Waals surface area (Å²) in [6.07, 6.45) is 5.03. The lowest BCUT2D eigenvalue weighted by atomic mass is 9.92. The van der Waals surface area contributed by atoms with Crippen molar-refractivity contribution in [2.45, 2.75) is 32.2 Å². The topological polar surface area (TPSA) is 62.5 Å². The Labute approximate surface area is 118 Å². The summed E-state index contributed by atoms with van der Waals surface area (Å²) in [7, 11) is 0. The number of piperidine rings is 1. The number of carboxylic acids is 1. The first-order valence-electron chi connectivity index (χ1n) is 7.25. The zero-order chi connectivity index (χ0) is 14.4. The van der Waals surface area contributed by atoms with E-state index in [9.17, 15) is 9.59 Å². The van der Waals surface area contributed by atoms with Crippen molar-refractivity contribution in [1.82, 2.24) is 9.47 Å². The second-order valence-electron chi connectivity index (χ2n) is 5.45. The average molecular weight is 278 g/mol. The molecule has 0 atom stereocenters. The summed E-state index contributed by atoms with van der Waals surface area (Å²) < 4.78 is 1.73. The zero-order valence-electron chi connectivity index (χ0n) is 11.7. The van der Waals surface area contributed by atoms with Crippen LogP contribution in [0.3, 0.4) is 0 Å². The fourth-order valence-corrected chi connectivity index (χ4v) is 2.72. The molecule has 0 aromatic carbocycles. The maximum absolute atomic E-state index is 11.6. The van der Waals surface area contributed by atoms with Crippen molar-refractivity contribution in [2.24, 2.45) is 5.92 Å². The van der Waals surface area contributed by atoms with Crippen LogP contribution in [-0.4, -0.2) is 40.2 Å². The van der Waals surface area contributed by atoms with Gasteiger partial charge in [0.15, 0.2) is 0 Å². The van der Waals surface area contributed by atoms with Gasteiger partial charge in [0.25, 0.3) is 5.56 Å². The molecule has 0 unspecified atom stereocenters. The van der Waals surface area contributed by atoms with Crippen LogP contribution in [0.2, 0.25) is 0 Å². The molecule has 1 aliphatic rings. The van der Waals surface area contributed by atoms with Gasteiger partial charge in [0.1, 0.15) is 0 Å². The van der Waals surface area contributed by atoms with Gasteiger partial charge in [-0.1, -0.05) is 6.07 Å². The molecule has 20 heavy (non-hydrogen) atoms. The second-order valence-corrected chi connectivity index (χ2v) is 5.45. The molecule has 0 spiro atoms. The SMILES string of the molecule is O=C(O)CCC1CCN(CCn2ccccc2=O)CC1. The maximum Gasteiger partial charge on any atom is 0.303 e. The van der Waals surface area contributed by atoms with E-state index in [4.69, 9.17) is 5.11 Å². The molecule has 0 aliphatic carbocycles. The molecule has 1 aliphatic heterocycles. The van der Waals surface area contributed by atoms with Crippen molar-refractivity contribution in [3.63, 3.8) is 0 Å². The van der Waals surface area contributed by atoms with Gasteiger partial charge < -0.3 is 14.6 Å². The van der Waals surface area contributed by atoms with E-state index in [1.807, 2.05) is 12.3 Å². The fraction of sp³-hybridized carbons (Fsp3) is 0.600. The molecule has 2 heterocycles. The second kappa shape index (κ2) is 7.24. The van der Waals surface area contributed by atoms with Crippen molar-refractivity contribution in [2.75, 3.05) is 19.6 Å². The van der Waals surface area contributed by atoms with Crippen LogP contribution < -0.4 is 5.56 Å². The molecule has 1 aromatic rings. The van der Waals surface area contributed by atoms with Gasteiger partial charge in [0.2, 0.25) is 0 Å². The minimum absolute atomic E-state index is 0.0452. The third-order valence-electron chi connectivity index (χ3n) is 4.03. The minimum Gasteiger partial charge on any atom is -0.481 e. The first-order valence-corrected chi connectivity index (χ1v) is 7.25. The van der Waals surface area contributed by atoms with E-state index in [0.29, 0.717) is 5.92 Å². The highest BCUT2D eigenvalue weighted by Crippen LogP contribution is 2.21. The van der Waals surface area contributed by atoms with E-state index < -0.39 is 5.97 Å². The third kappa shape index (κ3) is 4.49. The van der Waals surface area contributed by atoms with Crippen LogP contribution in [0.15, 0.2) is 29.2 Å². The standard InChI is InChI=1S/C15H22N2O3/c18-14-3-1-2-8-17(14)12-11-16-9-6-13(7-10-16)4-5-15(19)20/h1-3,8,13H,4-7,9-12H2,(H,19,20). The smallest absolute Gasteiger partial charge is 0.303 e. The molecule has 0 radical (unpaired) electrons. The quantitative estimate of drug-likeness (QED) is 0.855. The highest BCUT2D eigenvalue weighted by molar-refractivity contribution is 5.66. The molecule has 1 N–H and O–H groups in total. The number of hydrogen-bond donors (Lipinski definition) is 1. The van der Waals surface area contributed by atoms with E-state index in [0.717, 1.165) is 45.4 Å². The van der Waals surface area contributed by atoms with Crippen LogP contribution in [0.5, 0.6) is 0 Å². The summed E-state index contributed by atoms with van der Waals surface area (Å²) >= 11 is 0. The maximum atomic E-state index is 11.6. The van der Waals surface area contributed by atoms with Gasteiger partial charge >= 0.3 is 5.97 Å². The highest BCUT2D eigenvalue weighted by atomic mass is 16.4. The zero-order valence-corrected chi connectivity index (χ0v) is 11.7. The summed E-state index contributed by atoms with van der Waals surface area (Å²) in [6, 6.07) is 5.21. The molecule has 1 fully saturated rings. The number of likely N-dealkylation sites (tertiary alicyclic amines) is 1. The predicted octanol–water partition coefficient (Wildman–Crippen LogP) is 1.43. The number of aliphatic carboxylic acids is 1. The van der Waals surface area contributed by atoms with Crippen molar-refractivity contribution in [1.29, 1.82) is 0 Å². The molecule has 5 heteroatoms. The Bertz CT molecular complexity index is 490. The van der Waals surface area contributed by atoms with Crippen molar-refractivity contribution in [3.05, 3.63) is 34.7 Å². The summed E-state index contributed by atoms with van der Waals surface area (Å²) in [6.45, 7) is 3.62. The van der Waals surface area contributed by atoms with Gasteiger partial charge in [-0.3, -0.25) is 9.59 Å². The number of aromatic nitrogens is 1. The van der Waals surface area contributed by atoms with E-state index in [1.54, 1.807) is 16.7 Å². The molecule has 1 saturated heterocycles. The highest BCUT2D eigenvalue weighted by Gasteiger charge is 2.19. The summed E-state index contributed by atoms with van der Waals surface area (Å²) in [5, 5.41) is 8.69. The normalized spacial score (nSPS) is 17.2. The molecule has 0 amide bonds. The van der Waals surface area contributed by atoms with Crippen molar-refractivity contribution < 1.29 is 9.90 Å². The summed E-state index contributed by atoms with van der Waals surface area (Å²) in [4.78, 5) is 24.5. The molecular weight excluding hydrogens is 256 g/mol. The van der Waals surface area contributed by atoms with Crippen LogP contribution in [-0.2, 0) is 11.3 Å². The molecule has 2 rings (SSSR count).